The molecule has 1 heterocycles. The fourth-order valence-electron chi connectivity index (χ4n) is 2.28. The van der Waals surface area contributed by atoms with Crippen molar-refractivity contribution in [1.29, 1.82) is 0 Å². The van der Waals surface area contributed by atoms with Gasteiger partial charge < -0.3 is 10.6 Å². The van der Waals surface area contributed by atoms with Gasteiger partial charge in [0.25, 0.3) is 0 Å². The van der Waals surface area contributed by atoms with Crippen LogP contribution < -0.4 is 5.73 Å². The van der Waals surface area contributed by atoms with Gasteiger partial charge in [-0.25, -0.2) is 8.78 Å². The fraction of sp³-hybridized carbons (Fsp3) is 0.500. The van der Waals surface area contributed by atoms with Crippen molar-refractivity contribution in [3.8, 4) is 0 Å². The van der Waals surface area contributed by atoms with Crippen molar-refractivity contribution >= 4 is 5.96 Å². The Morgan fingerprint density at radius 1 is 1.16 bits per heavy atom. The number of guanidine groups is 1. The lowest BCUT2D eigenvalue weighted by atomic mass is 10.1. The van der Waals surface area contributed by atoms with Crippen LogP contribution in [0.15, 0.2) is 23.2 Å². The van der Waals surface area contributed by atoms with E-state index in [0.29, 0.717) is 12.5 Å². The molecule has 0 radical (unpaired) electrons. The zero-order valence-electron chi connectivity index (χ0n) is 10.9. The molecule has 0 unspecified atom stereocenters. The molecule has 0 spiro atoms. The van der Waals surface area contributed by atoms with Crippen molar-refractivity contribution in [2.24, 2.45) is 10.7 Å². The third-order valence-electron chi connectivity index (χ3n) is 3.38. The monoisotopic (exact) mass is 267 g/mol. The molecule has 0 atom stereocenters. The number of hydrogen-bond donors (Lipinski definition) is 1. The molecule has 1 fully saturated rings. The van der Waals surface area contributed by atoms with Crippen LogP contribution in [0.5, 0.6) is 0 Å². The first-order valence-corrected chi connectivity index (χ1v) is 6.66. The highest BCUT2D eigenvalue weighted by Gasteiger charge is 2.12. The molecule has 3 nitrogen and oxygen atoms in total. The smallest absolute Gasteiger partial charge is 0.191 e. The number of nitrogens with two attached hydrogens (primary N) is 1. The van der Waals surface area contributed by atoms with Crippen molar-refractivity contribution in [2.75, 3.05) is 19.6 Å². The van der Waals surface area contributed by atoms with Gasteiger partial charge in [-0.1, -0.05) is 6.07 Å². The maximum absolute atomic E-state index is 13.4. The number of rotatable bonds is 3. The van der Waals surface area contributed by atoms with Gasteiger partial charge in [0.2, 0.25) is 0 Å². The molecule has 0 amide bonds. The molecule has 1 aliphatic rings. The Morgan fingerprint density at radius 3 is 2.42 bits per heavy atom. The van der Waals surface area contributed by atoms with Gasteiger partial charge in [0, 0.05) is 25.2 Å². The Kier molecular flexibility index (Phi) is 4.71. The number of nitrogens with zero attached hydrogens (tertiary/aromatic N) is 2. The van der Waals surface area contributed by atoms with Crippen molar-refractivity contribution in [3.63, 3.8) is 0 Å². The van der Waals surface area contributed by atoms with Crippen LogP contribution in [0.25, 0.3) is 0 Å². The molecule has 1 aromatic carbocycles. The molecular weight excluding hydrogens is 248 g/mol. The standard InChI is InChI=1S/C14H19F2N3/c15-12-5-4-6-13(16)11(12)7-8-18-14(17)19-9-2-1-3-10-19/h4-6H,1-3,7-10H2,(H2,17,18). The Bertz CT molecular complexity index is 434. The highest BCUT2D eigenvalue weighted by atomic mass is 19.1. The fourth-order valence-corrected chi connectivity index (χ4v) is 2.28. The van der Waals surface area contributed by atoms with Gasteiger partial charge in [-0.15, -0.1) is 0 Å². The van der Waals surface area contributed by atoms with Crippen LogP contribution in [0.2, 0.25) is 0 Å². The molecule has 5 heteroatoms. The first-order chi connectivity index (χ1) is 9.18. The van der Waals surface area contributed by atoms with E-state index in [9.17, 15) is 8.78 Å². The largest absolute Gasteiger partial charge is 0.370 e. The minimum atomic E-state index is -0.522. The maximum Gasteiger partial charge on any atom is 0.191 e. The summed E-state index contributed by atoms with van der Waals surface area (Å²) in [6.07, 6.45) is 3.70. The summed E-state index contributed by atoms with van der Waals surface area (Å²) in [6, 6.07) is 3.88. The minimum Gasteiger partial charge on any atom is -0.370 e. The summed E-state index contributed by atoms with van der Waals surface area (Å²) in [7, 11) is 0. The van der Waals surface area contributed by atoms with Gasteiger partial charge >= 0.3 is 0 Å². The number of likely N-dealkylation sites (tertiary alicyclic amines) is 1. The molecule has 0 aliphatic carbocycles. The SMILES string of the molecule is NC(=NCCc1c(F)cccc1F)N1CCCCC1. The highest BCUT2D eigenvalue weighted by molar-refractivity contribution is 5.78. The van der Waals surface area contributed by atoms with E-state index in [0.717, 1.165) is 25.9 Å². The first kappa shape index (κ1) is 13.8. The van der Waals surface area contributed by atoms with E-state index in [4.69, 9.17) is 5.73 Å². The predicted molar refractivity (Wildman–Crippen MR) is 72.0 cm³/mol. The normalized spacial score (nSPS) is 16.7. The molecule has 19 heavy (non-hydrogen) atoms. The lowest BCUT2D eigenvalue weighted by molar-refractivity contribution is 0.338. The Balaban J connectivity index is 1.91. The van der Waals surface area contributed by atoms with E-state index in [1.54, 1.807) is 0 Å². The second kappa shape index (κ2) is 6.50. The second-order valence-electron chi connectivity index (χ2n) is 4.74. The van der Waals surface area contributed by atoms with E-state index in [1.807, 2.05) is 4.90 Å². The van der Waals surface area contributed by atoms with Crippen LogP contribution in [0.1, 0.15) is 24.8 Å². The van der Waals surface area contributed by atoms with Gasteiger partial charge in [-0.3, -0.25) is 4.99 Å². The summed E-state index contributed by atoms with van der Waals surface area (Å²) >= 11 is 0. The first-order valence-electron chi connectivity index (χ1n) is 6.66. The molecule has 1 saturated heterocycles. The van der Waals surface area contributed by atoms with Gasteiger partial charge in [-0.2, -0.15) is 0 Å². The van der Waals surface area contributed by atoms with Crippen LogP contribution in [-0.2, 0) is 6.42 Å². The van der Waals surface area contributed by atoms with Crippen LogP contribution in [0.4, 0.5) is 8.78 Å². The summed E-state index contributed by atoms with van der Waals surface area (Å²) in [4.78, 5) is 6.24. The van der Waals surface area contributed by atoms with Gasteiger partial charge in [0.1, 0.15) is 11.6 Å². The lowest BCUT2D eigenvalue weighted by Gasteiger charge is -2.27. The molecule has 0 saturated carbocycles. The molecule has 0 aromatic heterocycles. The summed E-state index contributed by atoms with van der Waals surface area (Å²) in [5.41, 5.74) is 5.96. The van der Waals surface area contributed by atoms with Gasteiger partial charge in [0.05, 0.1) is 0 Å². The van der Waals surface area contributed by atoms with Gasteiger partial charge in [-0.05, 0) is 37.8 Å². The molecular formula is C14H19F2N3. The number of benzene rings is 1. The average molecular weight is 267 g/mol. The number of halogens is 2. The Hall–Kier alpha value is -1.65. The quantitative estimate of drug-likeness (QED) is 0.674. The zero-order chi connectivity index (χ0) is 13.7. The second-order valence-corrected chi connectivity index (χ2v) is 4.74. The van der Waals surface area contributed by atoms with Crippen molar-refractivity contribution in [1.82, 2.24) is 4.90 Å². The highest BCUT2D eigenvalue weighted by Crippen LogP contribution is 2.13. The van der Waals surface area contributed by atoms with Crippen LogP contribution in [0.3, 0.4) is 0 Å². The van der Waals surface area contributed by atoms with Crippen LogP contribution in [-0.4, -0.2) is 30.5 Å². The number of hydrogen-bond acceptors (Lipinski definition) is 1. The summed E-state index contributed by atoms with van der Waals surface area (Å²) < 4.78 is 26.8. The van der Waals surface area contributed by atoms with Crippen molar-refractivity contribution in [3.05, 3.63) is 35.4 Å². The molecule has 1 aliphatic heterocycles. The summed E-state index contributed by atoms with van der Waals surface area (Å²) in [6.45, 7) is 2.15. The molecule has 0 bridgehead atoms. The van der Waals surface area contributed by atoms with E-state index in [2.05, 4.69) is 4.99 Å². The van der Waals surface area contributed by atoms with E-state index in [-0.39, 0.29) is 12.0 Å². The van der Waals surface area contributed by atoms with Crippen molar-refractivity contribution < 1.29 is 8.78 Å². The minimum absolute atomic E-state index is 0.0812. The lowest BCUT2D eigenvalue weighted by Crippen LogP contribution is -2.41. The van der Waals surface area contributed by atoms with E-state index >= 15 is 0 Å². The third-order valence-corrected chi connectivity index (χ3v) is 3.38. The molecule has 104 valence electrons. The van der Waals surface area contributed by atoms with Crippen LogP contribution in [0, 0.1) is 11.6 Å². The molecule has 2 rings (SSSR count). The van der Waals surface area contributed by atoms with Crippen LogP contribution >= 0.6 is 0 Å². The number of aliphatic imine (C=N–C) groups is 1. The molecule has 1 aromatic rings. The average Bonchev–Trinajstić information content (AvgIpc) is 2.43. The van der Waals surface area contributed by atoms with E-state index in [1.165, 1.54) is 24.6 Å². The van der Waals surface area contributed by atoms with Crippen molar-refractivity contribution in [2.45, 2.75) is 25.7 Å². The molecule has 2 N–H and O–H groups in total. The topological polar surface area (TPSA) is 41.6 Å². The third kappa shape index (κ3) is 3.66. The predicted octanol–water partition coefficient (Wildman–Crippen LogP) is 2.31. The summed E-state index contributed by atoms with van der Waals surface area (Å²) in [5.74, 6) is -0.560. The maximum atomic E-state index is 13.4. The van der Waals surface area contributed by atoms with Gasteiger partial charge in [0.15, 0.2) is 5.96 Å². The van der Waals surface area contributed by atoms with E-state index < -0.39 is 11.6 Å². The number of piperidine rings is 1. The Labute approximate surface area is 112 Å². The summed E-state index contributed by atoms with van der Waals surface area (Å²) in [5, 5.41) is 0. The zero-order valence-corrected chi connectivity index (χ0v) is 10.9. The Morgan fingerprint density at radius 2 is 1.79 bits per heavy atom.